The monoisotopic (exact) mass is 824 g/mol. The third kappa shape index (κ3) is 43.4. The Labute approximate surface area is 350 Å². The van der Waals surface area contributed by atoms with E-state index < -0.39 is 32.5 Å². The highest BCUT2D eigenvalue weighted by molar-refractivity contribution is 7.45. The van der Waals surface area contributed by atoms with Crippen LogP contribution >= 0.6 is 7.82 Å². The van der Waals surface area contributed by atoms with Crippen molar-refractivity contribution in [3.05, 3.63) is 48.6 Å². The Morgan fingerprint density at radius 3 is 1.46 bits per heavy atom. The van der Waals surface area contributed by atoms with Gasteiger partial charge in [-0.1, -0.05) is 172 Å². The van der Waals surface area contributed by atoms with Gasteiger partial charge in [0.15, 0.2) is 6.10 Å². The largest absolute Gasteiger partial charge is 0.756 e. The number of carbonyl (C=O) groups excluding carboxylic acids is 2. The normalized spacial score (nSPS) is 14.0. The smallest absolute Gasteiger partial charge is 0.306 e. The summed E-state index contributed by atoms with van der Waals surface area (Å²) in [5, 5.41) is 0. The zero-order chi connectivity index (χ0) is 42.1. The lowest BCUT2D eigenvalue weighted by molar-refractivity contribution is -0.870. The number of hydrogen-bond donors (Lipinski definition) is 0. The molecule has 0 aromatic rings. The highest BCUT2D eigenvalue weighted by atomic mass is 31.2. The lowest BCUT2D eigenvalue weighted by atomic mass is 10.0. The molecule has 0 bridgehead atoms. The van der Waals surface area contributed by atoms with E-state index in [1.807, 2.05) is 27.2 Å². The molecular formula is C47H86NO8P. The fourth-order valence-electron chi connectivity index (χ4n) is 6.00. The molecule has 0 aromatic heterocycles. The van der Waals surface area contributed by atoms with Crippen LogP contribution in [0.15, 0.2) is 48.6 Å². The highest BCUT2D eigenvalue weighted by Gasteiger charge is 2.21. The topological polar surface area (TPSA) is 111 Å². The van der Waals surface area contributed by atoms with Crippen LogP contribution < -0.4 is 4.89 Å². The summed E-state index contributed by atoms with van der Waals surface area (Å²) in [5.41, 5.74) is 0. The Hall–Kier alpha value is -2.03. The lowest BCUT2D eigenvalue weighted by Gasteiger charge is -2.28. The predicted octanol–water partition coefficient (Wildman–Crippen LogP) is 12.4. The van der Waals surface area contributed by atoms with Crippen molar-refractivity contribution >= 4 is 19.8 Å². The van der Waals surface area contributed by atoms with Crippen molar-refractivity contribution in [2.75, 3.05) is 47.5 Å². The van der Waals surface area contributed by atoms with Crippen LogP contribution in [-0.4, -0.2) is 70.0 Å². The summed E-state index contributed by atoms with van der Waals surface area (Å²) in [7, 11) is 1.13. The molecule has 2 atom stereocenters. The van der Waals surface area contributed by atoms with Gasteiger partial charge in [0.25, 0.3) is 7.82 Å². The number of likely N-dealkylation sites (N-methyl/N-ethyl adjacent to an activating group) is 1. The zero-order valence-electron chi connectivity index (χ0n) is 37.3. The Bertz CT molecular complexity index is 1110. The average Bonchev–Trinajstić information content (AvgIpc) is 3.16. The fourth-order valence-corrected chi connectivity index (χ4v) is 6.73. The van der Waals surface area contributed by atoms with Crippen molar-refractivity contribution in [1.82, 2.24) is 0 Å². The molecule has 0 aromatic carbocycles. The van der Waals surface area contributed by atoms with Gasteiger partial charge in [-0.2, -0.15) is 0 Å². The molecule has 1 unspecified atom stereocenters. The Morgan fingerprint density at radius 2 is 0.965 bits per heavy atom. The second-order valence-electron chi connectivity index (χ2n) is 16.4. The molecule has 0 aliphatic rings. The van der Waals surface area contributed by atoms with Crippen LogP contribution in [0, 0.1) is 0 Å². The molecule has 57 heavy (non-hydrogen) atoms. The summed E-state index contributed by atoms with van der Waals surface area (Å²) in [6.45, 7) is 4.14. The van der Waals surface area contributed by atoms with Gasteiger partial charge in [0.2, 0.25) is 0 Å². The molecule has 0 amide bonds. The van der Waals surface area contributed by atoms with E-state index in [1.165, 1.54) is 109 Å². The minimum absolute atomic E-state index is 0.0412. The molecule has 9 nitrogen and oxygen atoms in total. The van der Waals surface area contributed by atoms with Gasteiger partial charge < -0.3 is 27.9 Å². The molecule has 10 heteroatoms. The standard InChI is InChI=1S/C47H86NO8P/c1-6-8-10-12-14-16-18-20-22-24-26-28-30-32-34-36-38-40-47(50)56-45(44-55-57(51,52)54-42-41-48(3,4)5)43-53-46(49)39-37-35-33-31-29-27-25-23-21-19-17-15-13-11-9-7-2/h14,16,20,22,26,28,32,34,45H,6-13,15,17-19,21,23-25,27,29-31,33,35-44H2,1-5H3/b16-14-,22-20-,28-26-,34-32-/t45-/m1/s1. The molecule has 332 valence electrons. The predicted molar refractivity (Wildman–Crippen MR) is 236 cm³/mol. The molecule has 0 saturated heterocycles. The first-order valence-electron chi connectivity index (χ1n) is 22.8. The third-order valence-corrected chi connectivity index (χ3v) is 10.6. The number of hydrogen-bond acceptors (Lipinski definition) is 8. The van der Waals surface area contributed by atoms with Gasteiger partial charge in [0.05, 0.1) is 27.7 Å². The van der Waals surface area contributed by atoms with Crippen molar-refractivity contribution in [2.45, 2.75) is 193 Å². The minimum Gasteiger partial charge on any atom is -0.756 e. The van der Waals surface area contributed by atoms with Gasteiger partial charge in [0.1, 0.15) is 19.8 Å². The molecule has 0 radical (unpaired) electrons. The second-order valence-corrected chi connectivity index (χ2v) is 17.8. The van der Waals surface area contributed by atoms with Gasteiger partial charge in [0, 0.05) is 12.8 Å². The first-order chi connectivity index (χ1) is 27.5. The van der Waals surface area contributed by atoms with Gasteiger partial charge in [-0.3, -0.25) is 14.2 Å². The highest BCUT2D eigenvalue weighted by Crippen LogP contribution is 2.38. The molecule has 0 heterocycles. The summed E-state index contributed by atoms with van der Waals surface area (Å²) in [6.07, 6.45) is 45.7. The van der Waals surface area contributed by atoms with Gasteiger partial charge in [-0.15, -0.1) is 0 Å². The lowest BCUT2D eigenvalue weighted by Crippen LogP contribution is -2.37. The van der Waals surface area contributed by atoms with E-state index in [9.17, 15) is 19.0 Å². The zero-order valence-corrected chi connectivity index (χ0v) is 38.2. The molecule has 0 aliphatic carbocycles. The van der Waals surface area contributed by atoms with Crippen LogP contribution in [0.25, 0.3) is 0 Å². The van der Waals surface area contributed by atoms with E-state index in [4.69, 9.17) is 18.5 Å². The third-order valence-electron chi connectivity index (χ3n) is 9.60. The molecule has 0 spiro atoms. The first-order valence-corrected chi connectivity index (χ1v) is 24.3. The minimum atomic E-state index is -4.64. The van der Waals surface area contributed by atoms with Crippen LogP contribution in [0.1, 0.15) is 187 Å². The second kappa shape index (κ2) is 39.4. The Kier molecular flexibility index (Phi) is 38.0. The number of esters is 2. The van der Waals surface area contributed by atoms with Crippen molar-refractivity contribution in [2.24, 2.45) is 0 Å². The summed E-state index contributed by atoms with van der Waals surface area (Å²) < 4.78 is 33.9. The Morgan fingerprint density at radius 1 is 0.544 bits per heavy atom. The molecule has 0 fully saturated rings. The van der Waals surface area contributed by atoms with Crippen molar-refractivity contribution in [3.8, 4) is 0 Å². The summed E-state index contributed by atoms with van der Waals surface area (Å²) in [6, 6.07) is 0. The van der Waals surface area contributed by atoms with Crippen molar-refractivity contribution in [3.63, 3.8) is 0 Å². The number of quaternary nitrogens is 1. The molecule has 0 saturated carbocycles. The summed E-state index contributed by atoms with van der Waals surface area (Å²) in [4.78, 5) is 37.5. The van der Waals surface area contributed by atoms with E-state index in [0.29, 0.717) is 23.9 Å². The SMILES string of the molecule is CCCCC/C=C\C/C=C\C/C=C\C/C=C\CCCC(=O)O[C@H](COC(=O)CCCCCCCCCCCCCCCCCC)COP(=O)([O-])OCC[N+](C)(C)C. The van der Waals surface area contributed by atoms with Crippen molar-refractivity contribution < 1.29 is 42.1 Å². The van der Waals surface area contributed by atoms with Crippen LogP contribution in [0.2, 0.25) is 0 Å². The summed E-state index contributed by atoms with van der Waals surface area (Å²) >= 11 is 0. The van der Waals surface area contributed by atoms with Gasteiger partial charge in [-0.05, 0) is 51.4 Å². The number of nitrogens with zero attached hydrogens (tertiary/aromatic N) is 1. The number of carbonyl (C=O) groups is 2. The van der Waals surface area contributed by atoms with E-state index in [1.54, 1.807) is 0 Å². The molecule has 0 aliphatic heterocycles. The molecule has 0 rings (SSSR count). The maximum absolute atomic E-state index is 12.7. The molecule has 0 N–H and O–H groups in total. The van der Waals surface area contributed by atoms with Gasteiger partial charge >= 0.3 is 11.9 Å². The van der Waals surface area contributed by atoms with E-state index in [0.717, 1.165) is 38.5 Å². The quantitative estimate of drug-likeness (QED) is 0.0197. The number of rotatable bonds is 41. The van der Waals surface area contributed by atoms with E-state index >= 15 is 0 Å². The number of allylic oxidation sites excluding steroid dienone is 8. The van der Waals surface area contributed by atoms with Crippen LogP contribution in [-0.2, 0) is 32.7 Å². The fraction of sp³-hybridized carbons (Fsp3) is 0.787. The van der Waals surface area contributed by atoms with E-state index in [-0.39, 0.29) is 26.1 Å². The van der Waals surface area contributed by atoms with Crippen LogP contribution in [0.4, 0.5) is 0 Å². The Balaban J connectivity index is 4.42. The number of unbranched alkanes of at least 4 members (excludes halogenated alkanes) is 19. The van der Waals surface area contributed by atoms with Crippen LogP contribution in [0.3, 0.4) is 0 Å². The van der Waals surface area contributed by atoms with Crippen LogP contribution in [0.5, 0.6) is 0 Å². The summed E-state index contributed by atoms with van der Waals surface area (Å²) in [5.74, 6) is -0.897. The number of ether oxygens (including phenoxy) is 2. The number of phosphoric acid groups is 1. The first kappa shape index (κ1) is 55.0. The average molecular weight is 824 g/mol. The van der Waals surface area contributed by atoms with E-state index in [2.05, 4.69) is 56.4 Å². The maximum Gasteiger partial charge on any atom is 0.306 e. The maximum atomic E-state index is 12.7. The van der Waals surface area contributed by atoms with Crippen molar-refractivity contribution in [1.29, 1.82) is 0 Å². The number of phosphoric ester groups is 1. The molecular weight excluding hydrogens is 737 g/mol. The van der Waals surface area contributed by atoms with Gasteiger partial charge in [-0.25, -0.2) is 0 Å².